The Morgan fingerprint density at radius 1 is 1.58 bits per heavy atom. The Morgan fingerprint density at radius 3 is 2.58 bits per heavy atom. The number of phenols is 1. The molecule has 0 aliphatic heterocycles. The van der Waals surface area contributed by atoms with Crippen molar-refractivity contribution in [1.29, 1.82) is 0 Å². The van der Waals surface area contributed by atoms with E-state index >= 15 is 0 Å². The number of nitro groups is 1. The largest absolute Gasteiger partial charge is 0.502 e. The Morgan fingerprint density at radius 2 is 2.17 bits per heavy atom. The zero-order chi connectivity index (χ0) is 9.30. The summed E-state index contributed by atoms with van der Waals surface area (Å²) in [6.07, 6.45) is 0. The normalized spacial score (nSPS) is 9.75. The zero-order valence-electron chi connectivity index (χ0n) is 6.44. The average molecular weight is 168 g/mol. The first kappa shape index (κ1) is 8.32. The molecule has 0 saturated carbocycles. The standard InChI is InChI=1S/C7H8N2O3/c1-4-2-3-5(8)6(7(4)10)9(11)12/h2-3,10H,8H2,1H3. The van der Waals surface area contributed by atoms with Gasteiger partial charge in [0, 0.05) is 0 Å². The van der Waals surface area contributed by atoms with Crippen LogP contribution in [-0.4, -0.2) is 10.0 Å². The molecule has 0 bridgehead atoms. The molecule has 0 unspecified atom stereocenters. The predicted octanol–water partition coefficient (Wildman–Crippen LogP) is 1.19. The summed E-state index contributed by atoms with van der Waals surface area (Å²) in [7, 11) is 0. The minimum atomic E-state index is -0.697. The predicted molar refractivity (Wildman–Crippen MR) is 43.9 cm³/mol. The Labute approximate surface area is 68.6 Å². The zero-order valence-corrected chi connectivity index (χ0v) is 6.44. The van der Waals surface area contributed by atoms with Gasteiger partial charge < -0.3 is 10.8 Å². The number of benzene rings is 1. The third-order valence-corrected chi connectivity index (χ3v) is 1.57. The van der Waals surface area contributed by atoms with Crippen LogP contribution in [0.5, 0.6) is 5.75 Å². The van der Waals surface area contributed by atoms with Crippen molar-refractivity contribution in [2.45, 2.75) is 6.92 Å². The first-order chi connectivity index (χ1) is 5.54. The van der Waals surface area contributed by atoms with Crippen molar-refractivity contribution in [3.05, 3.63) is 27.8 Å². The highest BCUT2D eigenvalue weighted by Gasteiger charge is 2.18. The van der Waals surface area contributed by atoms with Gasteiger partial charge in [-0.25, -0.2) is 0 Å². The van der Waals surface area contributed by atoms with Crippen LogP contribution in [0.1, 0.15) is 5.56 Å². The third kappa shape index (κ3) is 1.16. The lowest BCUT2D eigenvalue weighted by molar-refractivity contribution is -0.384. The van der Waals surface area contributed by atoms with Crippen molar-refractivity contribution in [2.24, 2.45) is 0 Å². The molecule has 0 amide bonds. The molecule has 0 aliphatic rings. The first-order valence-electron chi connectivity index (χ1n) is 3.26. The summed E-state index contributed by atoms with van der Waals surface area (Å²) in [5.41, 5.74) is 5.28. The van der Waals surface area contributed by atoms with E-state index < -0.39 is 10.6 Å². The number of nitro benzene ring substituents is 1. The van der Waals surface area contributed by atoms with Gasteiger partial charge >= 0.3 is 5.69 Å². The van der Waals surface area contributed by atoms with Crippen LogP contribution in [0.4, 0.5) is 11.4 Å². The Balaban J connectivity index is 3.43. The number of phenolic OH excluding ortho intramolecular Hbond substituents is 1. The molecule has 0 atom stereocenters. The lowest BCUT2D eigenvalue weighted by atomic mass is 10.1. The maximum absolute atomic E-state index is 10.4. The van der Waals surface area contributed by atoms with E-state index in [1.165, 1.54) is 12.1 Å². The van der Waals surface area contributed by atoms with Gasteiger partial charge in [-0.3, -0.25) is 10.1 Å². The summed E-state index contributed by atoms with van der Waals surface area (Å²) in [6.45, 7) is 1.57. The molecule has 0 heterocycles. The molecule has 12 heavy (non-hydrogen) atoms. The molecule has 1 aromatic carbocycles. The van der Waals surface area contributed by atoms with Crippen LogP contribution in [0, 0.1) is 17.0 Å². The van der Waals surface area contributed by atoms with Crippen molar-refractivity contribution in [3.63, 3.8) is 0 Å². The fourth-order valence-electron chi connectivity index (χ4n) is 0.888. The number of nitrogen functional groups attached to an aromatic ring is 1. The van der Waals surface area contributed by atoms with Gasteiger partial charge in [-0.05, 0) is 18.6 Å². The summed E-state index contributed by atoms with van der Waals surface area (Å²) in [4.78, 5) is 9.66. The van der Waals surface area contributed by atoms with E-state index in [4.69, 9.17) is 5.73 Å². The van der Waals surface area contributed by atoms with Crippen LogP contribution in [0.2, 0.25) is 0 Å². The monoisotopic (exact) mass is 168 g/mol. The van der Waals surface area contributed by atoms with Crippen LogP contribution in [0.25, 0.3) is 0 Å². The molecule has 0 spiro atoms. The van der Waals surface area contributed by atoms with E-state index in [-0.39, 0.29) is 11.4 Å². The molecule has 1 aromatic rings. The summed E-state index contributed by atoms with van der Waals surface area (Å²) in [5, 5.41) is 19.6. The van der Waals surface area contributed by atoms with E-state index in [0.29, 0.717) is 5.56 Å². The summed E-state index contributed by atoms with van der Waals surface area (Å²) >= 11 is 0. The van der Waals surface area contributed by atoms with Gasteiger partial charge in [-0.15, -0.1) is 0 Å². The van der Waals surface area contributed by atoms with Gasteiger partial charge in [0.1, 0.15) is 5.69 Å². The highest BCUT2D eigenvalue weighted by atomic mass is 16.6. The van der Waals surface area contributed by atoms with Crippen LogP contribution < -0.4 is 5.73 Å². The van der Waals surface area contributed by atoms with Crippen molar-refractivity contribution in [3.8, 4) is 5.75 Å². The molecule has 0 aliphatic carbocycles. The minimum absolute atomic E-state index is 0.0249. The summed E-state index contributed by atoms with van der Waals surface area (Å²) < 4.78 is 0. The number of aryl methyl sites for hydroxylation is 1. The highest BCUT2D eigenvalue weighted by molar-refractivity contribution is 5.67. The molecule has 3 N–H and O–H groups in total. The lowest BCUT2D eigenvalue weighted by Gasteiger charge is -2.01. The second-order valence-electron chi connectivity index (χ2n) is 2.43. The molecule has 64 valence electrons. The Bertz CT molecular complexity index is 336. The van der Waals surface area contributed by atoms with Gasteiger partial charge in [-0.1, -0.05) is 6.07 Å². The van der Waals surface area contributed by atoms with Crippen LogP contribution in [0.15, 0.2) is 12.1 Å². The Kier molecular flexibility index (Phi) is 1.86. The van der Waals surface area contributed by atoms with Gasteiger partial charge in [0.15, 0.2) is 5.75 Å². The summed E-state index contributed by atoms with van der Waals surface area (Å²) in [5.74, 6) is -0.361. The smallest absolute Gasteiger partial charge is 0.333 e. The minimum Gasteiger partial charge on any atom is -0.502 e. The molecular formula is C7H8N2O3. The second kappa shape index (κ2) is 2.69. The van der Waals surface area contributed by atoms with E-state index in [1.54, 1.807) is 6.92 Å². The number of aromatic hydroxyl groups is 1. The van der Waals surface area contributed by atoms with Crippen molar-refractivity contribution >= 4 is 11.4 Å². The maximum Gasteiger partial charge on any atom is 0.333 e. The second-order valence-corrected chi connectivity index (χ2v) is 2.43. The van der Waals surface area contributed by atoms with Gasteiger partial charge in [-0.2, -0.15) is 0 Å². The molecule has 1 rings (SSSR count). The van der Waals surface area contributed by atoms with Crippen LogP contribution in [-0.2, 0) is 0 Å². The molecule has 0 aromatic heterocycles. The van der Waals surface area contributed by atoms with Gasteiger partial charge in [0.05, 0.1) is 4.92 Å². The molecule has 0 fully saturated rings. The fraction of sp³-hybridized carbons (Fsp3) is 0.143. The van der Waals surface area contributed by atoms with Crippen molar-refractivity contribution in [1.82, 2.24) is 0 Å². The number of nitrogens with two attached hydrogens (primary N) is 1. The van der Waals surface area contributed by atoms with E-state index in [9.17, 15) is 15.2 Å². The number of rotatable bonds is 1. The van der Waals surface area contributed by atoms with E-state index in [0.717, 1.165) is 0 Å². The summed E-state index contributed by atoms with van der Waals surface area (Å²) in [6, 6.07) is 2.92. The SMILES string of the molecule is Cc1ccc(N)c([N+](=O)[O-])c1O. The van der Waals surface area contributed by atoms with Gasteiger partial charge in [0.25, 0.3) is 0 Å². The molecule has 0 radical (unpaired) electrons. The lowest BCUT2D eigenvalue weighted by Crippen LogP contribution is -1.96. The van der Waals surface area contributed by atoms with E-state index in [1.807, 2.05) is 0 Å². The van der Waals surface area contributed by atoms with E-state index in [2.05, 4.69) is 0 Å². The highest BCUT2D eigenvalue weighted by Crippen LogP contribution is 2.34. The van der Waals surface area contributed by atoms with Crippen LogP contribution >= 0.6 is 0 Å². The number of hydrogen-bond donors (Lipinski definition) is 2. The molecule has 0 saturated heterocycles. The van der Waals surface area contributed by atoms with Crippen molar-refractivity contribution < 1.29 is 10.0 Å². The third-order valence-electron chi connectivity index (χ3n) is 1.57. The van der Waals surface area contributed by atoms with Crippen LogP contribution in [0.3, 0.4) is 0 Å². The fourth-order valence-corrected chi connectivity index (χ4v) is 0.888. The molecule has 5 nitrogen and oxygen atoms in total. The first-order valence-corrected chi connectivity index (χ1v) is 3.26. The molecule has 5 heteroatoms. The number of nitrogens with zero attached hydrogens (tertiary/aromatic N) is 1. The van der Waals surface area contributed by atoms with Crippen molar-refractivity contribution in [2.75, 3.05) is 5.73 Å². The average Bonchev–Trinajstić information content (AvgIpc) is 1.97. The number of anilines is 1. The molecular weight excluding hydrogens is 160 g/mol. The van der Waals surface area contributed by atoms with Gasteiger partial charge in [0.2, 0.25) is 0 Å². The quantitative estimate of drug-likeness (QED) is 0.374. The Hall–Kier alpha value is -1.78. The number of hydrogen-bond acceptors (Lipinski definition) is 4. The maximum atomic E-state index is 10.4. The topological polar surface area (TPSA) is 89.4 Å².